The highest BCUT2D eigenvalue weighted by Crippen LogP contribution is 2.40. The minimum atomic E-state index is 0.597. The van der Waals surface area contributed by atoms with Gasteiger partial charge in [0.1, 0.15) is 0 Å². The van der Waals surface area contributed by atoms with Gasteiger partial charge >= 0.3 is 0 Å². The highest BCUT2D eigenvalue weighted by atomic mass is 14.9. The van der Waals surface area contributed by atoms with Crippen molar-refractivity contribution < 1.29 is 0 Å². The fourth-order valence-electron chi connectivity index (χ4n) is 1.98. The quantitative estimate of drug-likeness (QED) is 0.516. The maximum atomic E-state index is 3.27. The highest BCUT2D eigenvalue weighted by Gasteiger charge is 2.32. The van der Waals surface area contributed by atoms with Gasteiger partial charge in [0, 0.05) is 12.0 Å². The largest absolute Gasteiger partial charge is 0.390 e. The molecule has 1 aliphatic heterocycles. The van der Waals surface area contributed by atoms with Crippen molar-refractivity contribution in [3.63, 3.8) is 0 Å². The van der Waals surface area contributed by atoms with E-state index < -0.39 is 0 Å². The Morgan fingerprint density at radius 3 is 2.56 bits per heavy atom. The summed E-state index contributed by atoms with van der Waals surface area (Å²) in [5.41, 5.74) is 0.597. The lowest BCUT2D eigenvalue weighted by atomic mass is 9.88. The van der Waals surface area contributed by atoms with Gasteiger partial charge in [-0.25, -0.2) is 0 Å². The molecule has 1 N–H and O–H groups in total. The number of rotatable bonds is 0. The zero-order chi connectivity index (χ0) is 6.16. The van der Waals surface area contributed by atoms with Crippen molar-refractivity contribution in [2.24, 2.45) is 5.41 Å². The van der Waals surface area contributed by atoms with E-state index in [4.69, 9.17) is 0 Å². The van der Waals surface area contributed by atoms with Crippen LogP contribution in [-0.2, 0) is 0 Å². The molecular weight excluding hydrogens is 110 g/mol. The van der Waals surface area contributed by atoms with E-state index in [1.807, 2.05) is 0 Å². The molecule has 0 unspecified atom stereocenters. The van der Waals surface area contributed by atoms with Crippen molar-refractivity contribution in [3.8, 4) is 0 Å². The predicted molar refractivity (Wildman–Crippen MR) is 38.0 cm³/mol. The summed E-state index contributed by atoms with van der Waals surface area (Å²) in [6.45, 7) is 1.20. The highest BCUT2D eigenvalue weighted by molar-refractivity contribution is 5.08. The second-order valence-electron chi connectivity index (χ2n) is 3.28. The molecule has 0 amide bonds. The van der Waals surface area contributed by atoms with Crippen LogP contribution >= 0.6 is 0 Å². The average molecular weight is 123 g/mol. The molecule has 1 fully saturated rings. The van der Waals surface area contributed by atoms with Crippen LogP contribution in [-0.4, -0.2) is 6.54 Å². The maximum absolute atomic E-state index is 3.27. The minimum Gasteiger partial charge on any atom is -0.390 e. The molecule has 0 atom stereocenters. The lowest BCUT2D eigenvalue weighted by molar-refractivity contribution is 0.413. The molecule has 2 aliphatic rings. The van der Waals surface area contributed by atoms with E-state index in [1.165, 1.54) is 32.2 Å². The van der Waals surface area contributed by atoms with Crippen LogP contribution in [0, 0.1) is 5.41 Å². The molecule has 1 heterocycles. The van der Waals surface area contributed by atoms with Crippen molar-refractivity contribution in [3.05, 3.63) is 12.3 Å². The van der Waals surface area contributed by atoms with E-state index in [2.05, 4.69) is 17.6 Å². The molecular formula is C8H13N. The number of hydrogen-bond donors (Lipinski definition) is 1. The average Bonchev–Trinajstić information content (AvgIpc) is 2.45. The molecule has 50 valence electrons. The Kier molecular flexibility index (Phi) is 1.04. The molecule has 0 saturated heterocycles. The summed E-state index contributed by atoms with van der Waals surface area (Å²) in [5, 5.41) is 3.27. The van der Waals surface area contributed by atoms with Gasteiger partial charge in [0.25, 0.3) is 0 Å². The van der Waals surface area contributed by atoms with Crippen molar-refractivity contribution >= 4 is 0 Å². The smallest absolute Gasteiger partial charge is 0.0233 e. The van der Waals surface area contributed by atoms with Crippen molar-refractivity contribution in [1.29, 1.82) is 0 Å². The zero-order valence-corrected chi connectivity index (χ0v) is 5.69. The van der Waals surface area contributed by atoms with Gasteiger partial charge < -0.3 is 5.32 Å². The van der Waals surface area contributed by atoms with Gasteiger partial charge in [-0.05, 0) is 19.0 Å². The third kappa shape index (κ3) is 0.752. The molecule has 0 radical (unpaired) electrons. The Hall–Kier alpha value is -0.460. The maximum Gasteiger partial charge on any atom is 0.0233 e. The lowest BCUT2D eigenvalue weighted by Crippen LogP contribution is -2.20. The van der Waals surface area contributed by atoms with Gasteiger partial charge in [0.2, 0.25) is 0 Å². The van der Waals surface area contributed by atoms with Gasteiger partial charge in [-0.2, -0.15) is 0 Å². The molecule has 1 aliphatic carbocycles. The van der Waals surface area contributed by atoms with E-state index >= 15 is 0 Å². The Labute approximate surface area is 56.1 Å². The van der Waals surface area contributed by atoms with Crippen molar-refractivity contribution in [2.45, 2.75) is 25.7 Å². The van der Waals surface area contributed by atoms with E-state index in [0.717, 1.165) is 0 Å². The molecule has 1 heteroatoms. The summed E-state index contributed by atoms with van der Waals surface area (Å²) in [6, 6.07) is 0. The first kappa shape index (κ1) is 5.33. The first-order valence-electron chi connectivity index (χ1n) is 3.82. The van der Waals surface area contributed by atoms with Crippen LogP contribution in [0.15, 0.2) is 12.3 Å². The second-order valence-corrected chi connectivity index (χ2v) is 3.28. The third-order valence-electron chi connectivity index (χ3n) is 2.61. The van der Waals surface area contributed by atoms with Gasteiger partial charge in [0.05, 0.1) is 0 Å². The Morgan fingerprint density at radius 2 is 2.00 bits per heavy atom. The molecule has 9 heavy (non-hydrogen) atoms. The first-order chi connectivity index (χ1) is 4.41. The van der Waals surface area contributed by atoms with E-state index in [9.17, 15) is 0 Å². The van der Waals surface area contributed by atoms with Crippen molar-refractivity contribution in [1.82, 2.24) is 5.32 Å². The summed E-state index contributed by atoms with van der Waals surface area (Å²) in [6.07, 6.45) is 10.2. The van der Waals surface area contributed by atoms with Gasteiger partial charge in [-0.3, -0.25) is 0 Å². The number of nitrogens with one attached hydrogen (secondary N) is 1. The Morgan fingerprint density at radius 1 is 1.22 bits per heavy atom. The topological polar surface area (TPSA) is 12.0 Å². The summed E-state index contributed by atoms with van der Waals surface area (Å²) in [5.74, 6) is 0. The normalized spacial score (nSPS) is 29.3. The minimum absolute atomic E-state index is 0.597. The third-order valence-corrected chi connectivity index (χ3v) is 2.61. The van der Waals surface area contributed by atoms with Crippen LogP contribution < -0.4 is 5.32 Å². The van der Waals surface area contributed by atoms with Crippen LogP contribution in [0.4, 0.5) is 0 Å². The Balaban J connectivity index is 2.13. The number of hydrogen-bond acceptors (Lipinski definition) is 1. The van der Waals surface area contributed by atoms with Crippen LogP contribution in [0.5, 0.6) is 0 Å². The molecule has 1 nitrogen and oxygen atoms in total. The summed E-state index contributed by atoms with van der Waals surface area (Å²) in [4.78, 5) is 0. The van der Waals surface area contributed by atoms with E-state index in [0.29, 0.717) is 5.41 Å². The summed E-state index contributed by atoms with van der Waals surface area (Å²) >= 11 is 0. The first-order valence-corrected chi connectivity index (χ1v) is 3.82. The van der Waals surface area contributed by atoms with E-state index in [1.54, 1.807) is 0 Å². The van der Waals surface area contributed by atoms with Gasteiger partial charge in [0.15, 0.2) is 0 Å². The molecule has 1 spiro atoms. The summed E-state index contributed by atoms with van der Waals surface area (Å²) < 4.78 is 0. The van der Waals surface area contributed by atoms with Crippen LogP contribution in [0.25, 0.3) is 0 Å². The molecule has 1 saturated carbocycles. The zero-order valence-electron chi connectivity index (χ0n) is 5.69. The Bertz CT molecular complexity index is 132. The fourth-order valence-corrected chi connectivity index (χ4v) is 1.98. The van der Waals surface area contributed by atoms with Crippen LogP contribution in [0.3, 0.4) is 0 Å². The second kappa shape index (κ2) is 1.76. The molecule has 0 aromatic carbocycles. The molecule has 2 rings (SSSR count). The molecule has 0 bridgehead atoms. The van der Waals surface area contributed by atoms with Gasteiger partial charge in [-0.1, -0.05) is 18.9 Å². The SMILES string of the molecule is C1=CC2(CCCC2)CN1. The summed E-state index contributed by atoms with van der Waals surface area (Å²) in [7, 11) is 0. The fraction of sp³-hybridized carbons (Fsp3) is 0.750. The van der Waals surface area contributed by atoms with Gasteiger partial charge in [-0.15, -0.1) is 0 Å². The van der Waals surface area contributed by atoms with Crippen LogP contribution in [0.1, 0.15) is 25.7 Å². The monoisotopic (exact) mass is 123 g/mol. The molecule has 0 aromatic heterocycles. The van der Waals surface area contributed by atoms with E-state index in [-0.39, 0.29) is 0 Å². The standard InChI is InChI=1S/C8H13N/c1-2-4-8(3-1)5-6-9-7-8/h5-6,9H,1-4,7H2. The van der Waals surface area contributed by atoms with Crippen LogP contribution in [0.2, 0.25) is 0 Å². The molecule has 0 aromatic rings. The lowest BCUT2D eigenvalue weighted by Gasteiger charge is -2.18. The predicted octanol–water partition coefficient (Wildman–Crippen LogP) is 1.66. The van der Waals surface area contributed by atoms with Crippen molar-refractivity contribution in [2.75, 3.05) is 6.54 Å².